The van der Waals surface area contributed by atoms with Crippen LogP contribution in [-0.4, -0.2) is 54.7 Å². The predicted octanol–water partition coefficient (Wildman–Crippen LogP) is 3.73. The molecule has 1 atom stereocenters. The molecule has 4 rings (SSSR count). The molecule has 10 nitrogen and oxygen atoms in total. The Hall–Kier alpha value is -3.90. The summed E-state index contributed by atoms with van der Waals surface area (Å²) in [5.74, 6) is -0.862. The number of carbonyl (C=O) groups is 2. The summed E-state index contributed by atoms with van der Waals surface area (Å²) in [6, 6.07) is 3.20. The number of amides is 2. The number of nitrogen functional groups attached to an aromatic ring is 1. The lowest BCUT2D eigenvalue weighted by Crippen LogP contribution is -2.45. The first-order valence-corrected chi connectivity index (χ1v) is 10.8. The van der Waals surface area contributed by atoms with Crippen molar-refractivity contribution in [3.63, 3.8) is 0 Å². The molecule has 3 aromatic rings. The first kappa shape index (κ1) is 24.2. The van der Waals surface area contributed by atoms with Crippen LogP contribution < -0.4 is 11.1 Å². The highest BCUT2D eigenvalue weighted by Gasteiger charge is 2.37. The van der Waals surface area contributed by atoms with Crippen LogP contribution in [0.4, 0.5) is 29.6 Å². The zero-order valence-corrected chi connectivity index (χ0v) is 19.3. The molecule has 2 amide bonds. The molecule has 3 N–H and O–H groups in total. The van der Waals surface area contributed by atoms with Crippen LogP contribution in [0.3, 0.4) is 0 Å². The molecule has 0 aromatic carbocycles. The zero-order valence-electron chi connectivity index (χ0n) is 19.3. The third-order valence-electron chi connectivity index (χ3n) is 5.27. The van der Waals surface area contributed by atoms with Gasteiger partial charge in [-0.25, -0.2) is 19.3 Å². The van der Waals surface area contributed by atoms with E-state index in [-0.39, 0.29) is 17.1 Å². The minimum atomic E-state index is -4.66. The number of nitrogens with zero attached hydrogens (tertiary/aromatic N) is 5. The van der Waals surface area contributed by atoms with Gasteiger partial charge in [0.15, 0.2) is 11.5 Å². The lowest BCUT2D eigenvalue weighted by Gasteiger charge is -2.27. The van der Waals surface area contributed by atoms with Gasteiger partial charge in [0.1, 0.15) is 17.5 Å². The first-order chi connectivity index (χ1) is 16.3. The van der Waals surface area contributed by atoms with Gasteiger partial charge in [-0.1, -0.05) is 0 Å². The summed E-state index contributed by atoms with van der Waals surface area (Å²) in [5, 5.41) is 6.96. The Labute approximate surface area is 198 Å². The van der Waals surface area contributed by atoms with Crippen LogP contribution >= 0.6 is 0 Å². The topological polar surface area (TPSA) is 128 Å². The van der Waals surface area contributed by atoms with Crippen molar-refractivity contribution in [2.75, 3.05) is 17.6 Å². The zero-order chi connectivity index (χ0) is 25.5. The molecular weight excluding hydrogens is 467 g/mol. The highest BCUT2D eigenvalue weighted by molar-refractivity contribution is 5.96. The quantitative estimate of drug-likeness (QED) is 0.571. The van der Waals surface area contributed by atoms with Gasteiger partial charge in [-0.3, -0.25) is 9.69 Å². The average molecular weight is 491 g/mol. The van der Waals surface area contributed by atoms with Gasteiger partial charge in [0.2, 0.25) is 5.91 Å². The van der Waals surface area contributed by atoms with Crippen LogP contribution in [0.2, 0.25) is 0 Å². The number of alkyl halides is 3. The number of likely N-dealkylation sites (tertiary alicyclic amines) is 1. The van der Waals surface area contributed by atoms with Gasteiger partial charge < -0.3 is 15.8 Å². The number of nitrogens with two attached hydrogens (primary N) is 1. The van der Waals surface area contributed by atoms with Crippen LogP contribution in [0.15, 0.2) is 30.6 Å². The van der Waals surface area contributed by atoms with Crippen LogP contribution in [0.1, 0.15) is 39.2 Å². The number of pyridine rings is 1. The maximum absolute atomic E-state index is 13.2. The molecule has 0 bridgehead atoms. The van der Waals surface area contributed by atoms with Gasteiger partial charge in [0.05, 0.1) is 17.5 Å². The van der Waals surface area contributed by atoms with Crippen molar-refractivity contribution in [2.24, 2.45) is 0 Å². The molecule has 0 radical (unpaired) electrons. The third kappa shape index (κ3) is 5.28. The van der Waals surface area contributed by atoms with Gasteiger partial charge in [-0.2, -0.15) is 18.3 Å². The Balaban J connectivity index is 1.53. The molecule has 4 heterocycles. The van der Waals surface area contributed by atoms with Crippen molar-refractivity contribution in [1.29, 1.82) is 0 Å². The van der Waals surface area contributed by atoms with E-state index in [4.69, 9.17) is 10.5 Å². The normalized spacial score (nSPS) is 16.5. The maximum atomic E-state index is 13.2. The summed E-state index contributed by atoms with van der Waals surface area (Å²) >= 11 is 0. The Bertz CT molecular complexity index is 1280. The molecule has 13 heteroatoms. The molecule has 186 valence electrons. The van der Waals surface area contributed by atoms with Crippen molar-refractivity contribution < 1.29 is 27.5 Å². The standard InChI is InChI=1S/C22H24F3N7O3/c1-21(2,3)35-20(34)31-8-4-5-15(31)19(33)29-16-11-32-17(28-16)7-6-14(30-32)12-9-13(22(23,24)25)18(26)27-10-12/h6-7,9-11,15H,4-5,8H2,1-3H3,(H2,26,27)(H,29,33). The van der Waals surface area contributed by atoms with E-state index in [2.05, 4.69) is 20.4 Å². The highest BCUT2D eigenvalue weighted by atomic mass is 19.4. The number of fused-ring (bicyclic) bond motifs is 1. The summed E-state index contributed by atoms with van der Waals surface area (Å²) in [4.78, 5) is 34.6. The molecule has 1 aliphatic heterocycles. The minimum Gasteiger partial charge on any atom is -0.444 e. The number of rotatable bonds is 3. The molecule has 1 aliphatic rings. The number of hydrogen-bond donors (Lipinski definition) is 2. The van der Waals surface area contributed by atoms with Crippen LogP contribution in [-0.2, 0) is 15.7 Å². The van der Waals surface area contributed by atoms with E-state index < -0.39 is 41.2 Å². The summed E-state index contributed by atoms with van der Waals surface area (Å²) in [7, 11) is 0. The lowest BCUT2D eigenvalue weighted by atomic mass is 10.1. The van der Waals surface area contributed by atoms with E-state index in [1.54, 1.807) is 26.8 Å². The Morgan fingerprint density at radius 2 is 1.97 bits per heavy atom. The number of anilines is 2. The summed E-state index contributed by atoms with van der Waals surface area (Å²) in [5.41, 5.74) is 4.31. The molecule has 1 unspecified atom stereocenters. The second kappa shape index (κ2) is 8.71. The van der Waals surface area contributed by atoms with Crippen LogP contribution in [0.5, 0.6) is 0 Å². The van der Waals surface area contributed by atoms with E-state index >= 15 is 0 Å². The van der Waals surface area contributed by atoms with Crippen LogP contribution in [0.25, 0.3) is 16.9 Å². The smallest absolute Gasteiger partial charge is 0.419 e. The molecule has 0 saturated carbocycles. The van der Waals surface area contributed by atoms with E-state index in [9.17, 15) is 22.8 Å². The number of ether oxygens (including phenoxy) is 1. The fourth-order valence-corrected chi connectivity index (χ4v) is 3.73. The Morgan fingerprint density at radius 1 is 1.23 bits per heavy atom. The number of carbonyl (C=O) groups excluding carboxylic acids is 2. The van der Waals surface area contributed by atoms with Crippen LogP contribution in [0, 0.1) is 0 Å². The molecule has 35 heavy (non-hydrogen) atoms. The van der Waals surface area contributed by atoms with E-state index in [0.717, 1.165) is 6.07 Å². The number of aromatic nitrogens is 4. The SMILES string of the molecule is CC(C)(C)OC(=O)N1CCCC1C(=O)Nc1cn2nc(-c3cnc(N)c(C(F)(F)F)c3)ccc2n1. The number of halogens is 3. The molecule has 0 aliphatic carbocycles. The molecular formula is C22H24F3N7O3. The van der Waals surface area contributed by atoms with Gasteiger partial charge in [-0.15, -0.1) is 0 Å². The predicted molar refractivity (Wildman–Crippen MR) is 120 cm³/mol. The Kier molecular flexibility index (Phi) is 6.03. The van der Waals surface area contributed by atoms with E-state index in [0.29, 0.717) is 25.0 Å². The molecule has 0 spiro atoms. The summed E-state index contributed by atoms with van der Waals surface area (Å²) in [6.45, 7) is 5.65. The van der Waals surface area contributed by atoms with E-state index in [1.807, 2.05) is 0 Å². The van der Waals surface area contributed by atoms with Gasteiger partial charge in [-0.05, 0) is 51.8 Å². The van der Waals surface area contributed by atoms with Crippen molar-refractivity contribution >= 4 is 29.3 Å². The first-order valence-electron chi connectivity index (χ1n) is 10.8. The van der Waals surface area contributed by atoms with Gasteiger partial charge in [0, 0.05) is 18.3 Å². The van der Waals surface area contributed by atoms with E-state index in [1.165, 1.54) is 27.9 Å². The maximum Gasteiger partial charge on any atom is 0.419 e. The average Bonchev–Trinajstić information content (AvgIpc) is 3.38. The lowest BCUT2D eigenvalue weighted by molar-refractivity contribution is -0.137. The fourth-order valence-electron chi connectivity index (χ4n) is 3.73. The minimum absolute atomic E-state index is 0.117. The van der Waals surface area contributed by atoms with Crippen molar-refractivity contribution in [2.45, 2.75) is 51.4 Å². The highest BCUT2D eigenvalue weighted by Crippen LogP contribution is 2.34. The monoisotopic (exact) mass is 491 g/mol. The van der Waals surface area contributed by atoms with Gasteiger partial charge in [0.25, 0.3) is 0 Å². The second-order valence-electron chi connectivity index (χ2n) is 9.12. The van der Waals surface area contributed by atoms with Gasteiger partial charge >= 0.3 is 12.3 Å². The Morgan fingerprint density at radius 3 is 2.66 bits per heavy atom. The summed E-state index contributed by atoms with van der Waals surface area (Å²) < 4.78 is 46.3. The number of nitrogens with one attached hydrogen (secondary N) is 1. The number of hydrogen-bond acceptors (Lipinski definition) is 7. The molecule has 1 fully saturated rings. The molecule has 3 aromatic heterocycles. The van der Waals surface area contributed by atoms with Crippen molar-refractivity contribution in [1.82, 2.24) is 24.5 Å². The summed E-state index contributed by atoms with van der Waals surface area (Å²) in [6.07, 6.45) is -1.46. The molecule has 1 saturated heterocycles. The van der Waals surface area contributed by atoms with Crippen molar-refractivity contribution in [3.8, 4) is 11.3 Å². The second-order valence-corrected chi connectivity index (χ2v) is 9.12. The number of imidazole rings is 1. The fraction of sp³-hybridized carbons (Fsp3) is 0.409. The third-order valence-corrected chi connectivity index (χ3v) is 5.27. The van der Waals surface area contributed by atoms with Crippen molar-refractivity contribution in [3.05, 3.63) is 36.2 Å². The largest absolute Gasteiger partial charge is 0.444 e.